The van der Waals surface area contributed by atoms with Crippen LogP contribution in [0.15, 0.2) is 48.5 Å². The van der Waals surface area contributed by atoms with Crippen LogP contribution in [-0.2, 0) is 22.5 Å². The van der Waals surface area contributed by atoms with Crippen LogP contribution in [0.2, 0.25) is 5.02 Å². The van der Waals surface area contributed by atoms with Crippen molar-refractivity contribution in [3.63, 3.8) is 0 Å². The molecule has 0 saturated carbocycles. The van der Waals surface area contributed by atoms with Gasteiger partial charge in [0, 0.05) is 36.8 Å². The van der Waals surface area contributed by atoms with E-state index in [0.717, 1.165) is 43.9 Å². The molecule has 2 aromatic rings. The minimum Gasteiger partial charge on any atom is -0.378 e. The lowest BCUT2D eigenvalue weighted by atomic mass is 10.1. The molecule has 1 fully saturated rings. The maximum atomic E-state index is 12.0. The molecule has 0 bridgehead atoms. The van der Waals surface area contributed by atoms with Crippen molar-refractivity contribution in [2.24, 2.45) is 0 Å². The first-order valence-electron chi connectivity index (χ1n) is 8.63. The normalized spacial score (nSPS) is 14.4. The van der Waals surface area contributed by atoms with Gasteiger partial charge in [-0.25, -0.2) is 0 Å². The molecule has 2 aromatic carbocycles. The van der Waals surface area contributed by atoms with Crippen molar-refractivity contribution in [2.75, 3.05) is 31.2 Å². The second-order valence-electron chi connectivity index (χ2n) is 6.17. The second-order valence-corrected chi connectivity index (χ2v) is 6.61. The molecule has 1 heterocycles. The number of anilines is 1. The molecule has 1 aliphatic rings. The van der Waals surface area contributed by atoms with Crippen molar-refractivity contribution in [1.29, 1.82) is 0 Å². The van der Waals surface area contributed by atoms with Crippen LogP contribution in [0.4, 0.5) is 5.69 Å². The van der Waals surface area contributed by atoms with Crippen molar-refractivity contribution >= 4 is 23.2 Å². The van der Waals surface area contributed by atoms with Crippen LogP contribution >= 0.6 is 11.6 Å². The predicted octanol–water partition coefficient (Wildman–Crippen LogP) is 3.43. The van der Waals surface area contributed by atoms with Crippen LogP contribution in [0.1, 0.15) is 17.5 Å². The fourth-order valence-corrected chi connectivity index (χ4v) is 2.97. The Labute approximate surface area is 153 Å². The second kappa shape index (κ2) is 8.88. The van der Waals surface area contributed by atoms with E-state index in [9.17, 15) is 4.79 Å². The predicted molar refractivity (Wildman–Crippen MR) is 101 cm³/mol. The van der Waals surface area contributed by atoms with Gasteiger partial charge in [-0.3, -0.25) is 4.79 Å². The van der Waals surface area contributed by atoms with Crippen molar-refractivity contribution in [2.45, 2.75) is 19.4 Å². The van der Waals surface area contributed by atoms with Crippen LogP contribution in [0, 0.1) is 0 Å². The van der Waals surface area contributed by atoms with E-state index in [1.165, 1.54) is 5.69 Å². The van der Waals surface area contributed by atoms with Gasteiger partial charge in [-0.2, -0.15) is 0 Å². The zero-order chi connectivity index (χ0) is 17.5. The minimum atomic E-state index is 0.0622. The van der Waals surface area contributed by atoms with Gasteiger partial charge in [-0.05, 0) is 41.8 Å². The lowest BCUT2D eigenvalue weighted by Gasteiger charge is -2.28. The highest BCUT2D eigenvalue weighted by atomic mass is 35.5. The highest BCUT2D eigenvalue weighted by Gasteiger charge is 2.10. The average Bonchev–Trinajstić information content (AvgIpc) is 2.67. The Morgan fingerprint density at radius 1 is 1.00 bits per heavy atom. The number of nitrogens with zero attached hydrogens (tertiary/aromatic N) is 1. The first-order valence-corrected chi connectivity index (χ1v) is 9.01. The van der Waals surface area contributed by atoms with Crippen LogP contribution in [0.25, 0.3) is 0 Å². The number of hydrogen-bond donors (Lipinski definition) is 1. The summed E-state index contributed by atoms with van der Waals surface area (Å²) >= 11 is 5.86. The fraction of sp³-hybridized carbons (Fsp3) is 0.350. The van der Waals surface area contributed by atoms with E-state index in [-0.39, 0.29) is 5.91 Å². The number of morpholine rings is 1. The number of carbonyl (C=O) groups is 1. The molecular formula is C20H23ClN2O2. The summed E-state index contributed by atoms with van der Waals surface area (Å²) in [4.78, 5) is 14.3. The zero-order valence-corrected chi connectivity index (χ0v) is 15.0. The van der Waals surface area contributed by atoms with Crippen molar-refractivity contribution in [3.8, 4) is 0 Å². The maximum Gasteiger partial charge on any atom is 0.220 e. The molecule has 0 radical (unpaired) electrons. The summed E-state index contributed by atoms with van der Waals surface area (Å²) in [5.74, 6) is 0.0622. The molecular weight excluding hydrogens is 336 g/mol. The third-order valence-electron chi connectivity index (χ3n) is 4.36. The van der Waals surface area contributed by atoms with E-state index in [2.05, 4.69) is 34.5 Å². The van der Waals surface area contributed by atoms with Gasteiger partial charge >= 0.3 is 0 Å². The number of benzene rings is 2. The highest BCUT2D eigenvalue weighted by Crippen LogP contribution is 2.16. The molecule has 1 saturated heterocycles. The quantitative estimate of drug-likeness (QED) is 0.860. The highest BCUT2D eigenvalue weighted by molar-refractivity contribution is 6.30. The van der Waals surface area contributed by atoms with Crippen LogP contribution in [0.3, 0.4) is 0 Å². The van der Waals surface area contributed by atoms with Gasteiger partial charge in [0.15, 0.2) is 0 Å². The molecule has 3 rings (SSSR count). The van der Waals surface area contributed by atoms with E-state index in [1.807, 2.05) is 24.3 Å². The number of rotatable bonds is 6. The smallest absolute Gasteiger partial charge is 0.220 e. The van der Waals surface area contributed by atoms with Gasteiger partial charge in [0.05, 0.1) is 13.2 Å². The van der Waals surface area contributed by atoms with Gasteiger partial charge in [-0.1, -0.05) is 35.9 Å². The topological polar surface area (TPSA) is 41.6 Å². The Bertz CT molecular complexity index is 680. The summed E-state index contributed by atoms with van der Waals surface area (Å²) in [5.41, 5.74) is 3.44. The van der Waals surface area contributed by atoms with E-state index in [0.29, 0.717) is 18.0 Å². The van der Waals surface area contributed by atoms with Crippen LogP contribution in [-0.4, -0.2) is 32.2 Å². The molecule has 0 atom stereocenters. The summed E-state index contributed by atoms with van der Waals surface area (Å²) in [6, 6.07) is 16.0. The minimum absolute atomic E-state index is 0.0622. The van der Waals surface area contributed by atoms with Crippen molar-refractivity contribution in [3.05, 3.63) is 64.7 Å². The van der Waals surface area contributed by atoms with Gasteiger partial charge in [0.2, 0.25) is 5.91 Å². The first-order chi connectivity index (χ1) is 12.2. The van der Waals surface area contributed by atoms with Gasteiger partial charge in [0.25, 0.3) is 0 Å². The number of halogens is 1. The Hall–Kier alpha value is -2.04. The Morgan fingerprint density at radius 2 is 1.64 bits per heavy atom. The van der Waals surface area contributed by atoms with Gasteiger partial charge in [-0.15, -0.1) is 0 Å². The Morgan fingerprint density at radius 3 is 2.32 bits per heavy atom. The van der Waals surface area contributed by atoms with E-state index < -0.39 is 0 Å². The summed E-state index contributed by atoms with van der Waals surface area (Å²) in [6.07, 6.45) is 1.20. The molecule has 5 heteroatoms. The Kier molecular flexibility index (Phi) is 6.31. The van der Waals surface area contributed by atoms with Gasteiger partial charge in [0.1, 0.15) is 0 Å². The third-order valence-corrected chi connectivity index (χ3v) is 4.61. The Balaban J connectivity index is 1.43. The fourth-order valence-electron chi connectivity index (χ4n) is 2.84. The maximum absolute atomic E-state index is 12.0. The molecule has 0 unspecified atom stereocenters. The van der Waals surface area contributed by atoms with Gasteiger partial charge < -0.3 is 15.0 Å². The molecule has 0 aliphatic carbocycles. The molecule has 1 N–H and O–H groups in total. The lowest BCUT2D eigenvalue weighted by molar-refractivity contribution is -0.121. The SMILES string of the molecule is O=C(CCc1ccc(Cl)cc1)NCc1ccc(N2CCOCC2)cc1. The lowest BCUT2D eigenvalue weighted by Crippen LogP contribution is -2.36. The van der Waals surface area contributed by atoms with E-state index in [4.69, 9.17) is 16.3 Å². The van der Waals surface area contributed by atoms with Crippen molar-refractivity contribution < 1.29 is 9.53 Å². The molecule has 4 nitrogen and oxygen atoms in total. The number of aryl methyl sites for hydroxylation is 1. The summed E-state index contributed by atoms with van der Waals surface area (Å²) in [6.45, 7) is 3.99. The largest absolute Gasteiger partial charge is 0.378 e. The van der Waals surface area contributed by atoms with Crippen LogP contribution < -0.4 is 10.2 Å². The number of amides is 1. The molecule has 1 amide bonds. The number of ether oxygens (including phenoxy) is 1. The summed E-state index contributed by atoms with van der Waals surface area (Å²) in [7, 11) is 0. The molecule has 25 heavy (non-hydrogen) atoms. The molecule has 132 valence electrons. The van der Waals surface area contributed by atoms with Crippen LogP contribution in [0.5, 0.6) is 0 Å². The first kappa shape index (κ1) is 17.8. The van der Waals surface area contributed by atoms with E-state index >= 15 is 0 Å². The summed E-state index contributed by atoms with van der Waals surface area (Å²) < 4.78 is 5.37. The summed E-state index contributed by atoms with van der Waals surface area (Å²) in [5, 5.41) is 3.70. The zero-order valence-electron chi connectivity index (χ0n) is 14.2. The average molecular weight is 359 g/mol. The molecule has 0 spiro atoms. The number of hydrogen-bond acceptors (Lipinski definition) is 3. The number of nitrogens with one attached hydrogen (secondary N) is 1. The van der Waals surface area contributed by atoms with Crippen molar-refractivity contribution in [1.82, 2.24) is 5.32 Å². The standard InChI is InChI=1S/C20H23ClN2O2/c21-18-6-1-16(2-7-18)5-10-20(24)22-15-17-3-8-19(9-4-17)23-11-13-25-14-12-23/h1-4,6-9H,5,10-15H2,(H,22,24). The molecule has 0 aromatic heterocycles. The monoisotopic (exact) mass is 358 g/mol. The third kappa shape index (κ3) is 5.48. The number of carbonyl (C=O) groups excluding carboxylic acids is 1. The molecule has 1 aliphatic heterocycles. The van der Waals surface area contributed by atoms with E-state index in [1.54, 1.807) is 0 Å².